The normalized spacial score (nSPS) is 10.3. The van der Waals surface area contributed by atoms with Crippen molar-refractivity contribution < 1.29 is 19.0 Å². The van der Waals surface area contributed by atoms with Gasteiger partial charge in [0.05, 0.1) is 11.6 Å². The second-order valence-corrected chi connectivity index (χ2v) is 4.09. The standard InChI is InChI=1S/C16H10FNO3/c17-13-4-7-15(12(9-13)3-8-16(19)20)21-14-5-1-11(10-18)2-6-14/h1-9H,(H,19,20)/b8-3+. The maximum Gasteiger partial charge on any atom is 0.328 e. The molecule has 2 rings (SSSR count). The predicted octanol–water partition coefficient (Wildman–Crippen LogP) is 3.59. The van der Waals surface area contributed by atoms with Crippen molar-refractivity contribution in [3.05, 3.63) is 65.5 Å². The smallest absolute Gasteiger partial charge is 0.328 e. The van der Waals surface area contributed by atoms with Crippen LogP contribution in [0.4, 0.5) is 4.39 Å². The third-order valence-electron chi connectivity index (χ3n) is 2.59. The van der Waals surface area contributed by atoms with E-state index in [1.807, 2.05) is 6.07 Å². The molecule has 21 heavy (non-hydrogen) atoms. The summed E-state index contributed by atoms with van der Waals surface area (Å²) in [5.41, 5.74) is 0.800. The highest BCUT2D eigenvalue weighted by Crippen LogP contribution is 2.27. The van der Waals surface area contributed by atoms with Crippen LogP contribution in [0.1, 0.15) is 11.1 Å². The number of rotatable bonds is 4. The first-order chi connectivity index (χ1) is 10.1. The van der Waals surface area contributed by atoms with Gasteiger partial charge in [-0.3, -0.25) is 0 Å². The summed E-state index contributed by atoms with van der Waals surface area (Å²) in [6.45, 7) is 0. The summed E-state index contributed by atoms with van der Waals surface area (Å²) in [6.07, 6.45) is 2.16. The van der Waals surface area contributed by atoms with E-state index < -0.39 is 11.8 Å². The number of hydrogen-bond donors (Lipinski definition) is 1. The van der Waals surface area contributed by atoms with Crippen LogP contribution in [0.15, 0.2) is 48.5 Å². The molecule has 1 N–H and O–H groups in total. The number of hydrogen-bond acceptors (Lipinski definition) is 3. The fourth-order valence-corrected chi connectivity index (χ4v) is 1.63. The molecule has 0 atom stereocenters. The Morgan fingerprint density at radius 1 is 1.24 bits per heavy atom. The van der Waals surface area contributed by atoms with Gasteiger partial charge in [-0.05, 0) is 48.5 Å². The molecule has 0 aliphatic carbocycles. The largest absolute Gasteiger partial charge is 0.478 e. The second kappa shape index (κ2) is 6.35. The molecule has 0 saturated carbocycles. The van der Waals surface area contributed by atoms with E-state index >= 15 is 0 Å². The molecule has 0 aliphatic heterocycles. The molecule has 2 aromatic carbocycles. The van der Waals surface area contributed by atoms with Crippen molar-refractivity contribution in [3.63, 3.8) is 0 Å². The third kappa shape index (κ3) is 3.91. The lowest BCUT2D eigenvalue weighted by molar-refractivity contribution is -0.131. The Morgan fingerprint density at radius 2 is 1.95 bits per heavy atom. The van der Waals surface area contributed by atoms with Crippen molar-refractivity contribution in [3.8, 4) is 17.6 Å². The Morgan fingerprint density at radius 3 is 2.57 bits per heavy atom. The average Bonchev–Trinajstić information content (AvgIpc) is 2.48. The van der Waals surface area contributed by atoms with Crippen LogP contribution in [0.5, 0.6) is 11.5 Å². The molecule has 0 saturated heterocycles. The van der Waals surface area contributed by atoms with Gasteiger partial charge in [0.2, 0.25) is 0 Å². The molecular formula is C16H10FNO3. The Labute approximate surface area is 120 Å². The number of carboxylic acid groups (broad SMARTS) is 1. The number of benzene rings is 2. The summed E-state index contributed by atoms with van der Waals surface area (Å²) in [6, 6.07) is 12.2. The molecule has 0 radical (unpaired) electrons. The van der Waals surface area contributed by atoms with Crippen molar-refractivity contribution in [1.29, 1.82) is 5.26 Å². The van der Waals surface area contributed by atoms with Crippen molar-refractivity contribution >= 4 is 12.0 Å². The monoisotopic (exact) mass is 283 g/mol. The number of ether oxygens (including phenoxy) is 1. The highest BCUT2D eigenvalue weighted by molar-refractivity contribution is 5.85. The molecule has 5 heteroatoms. The molecule has 0 aromatic heterocycles. The van der Waals surface area contributed by atoms with Crippen LogP contribution >= 0.6 is 0 Å². The van der Waals surface area contributed by atoms with Crippen LogP contribution in [0.25, 0.3) is 6.08 Å². The van der Waals surface area contributed by atoms with Gasteiger partial charge in [0.15, 0.2) is 0 Å². The molecule has 0 heterocycles. The van der Waals surface area contributed by atoms with Gasteiger partial charge in [0, 0.05) is 11.6 Å². The SMILES string of the molecule is N#Cc1ccc(Oc2ccc(F)cc2/C=C/C(=O)O)cc1. The van der Waals surface area contributed by atoms with Crippen LogP contribution < -0.4 is 4.74 Å². The summed E-state index contributed by atoms with van der Waals surface area (Å²) in [5.74, 6) is -0.847. The van der Waals surface area contributed by atoms with Gasteiger partial charge in [-0.1, -0.05) is 0 Å². The van der Waals surface area contributed by atoms with E-state index in [4.69, 9.17) is 15.1 Å². The Hall–Kier alpha value is -3.13. The van der Waals surface area contributed by atoms with E-state index in [0.29, 0.717) is 22.6 Å². The second-order valence-electron chi connectivity index (χ2n) is 4.09. The van der Waals surface area contributed by atoms with E-state index in [1.165, 1.54) is 24.3 Å². The minimum atomic E-state index is -1.14. The molecule has 4 nitrogen and oxygen atoms in total. The molecule has 104 valence electrons. The first-order valence-electron chi connectivity index (χ1n) is 5.97. The Kier molecular flexibility index (Phi) is 4.32. The van der Waals surface area contributed by atoms with Crippen molar-refractivity contribution in [2.75, 3.05) is 0 Å². The maximum absolute atomic E-state index is 13.2. The molecule has 0 unspecified atom stereocenters. The van der Waals surface area contributed by atoms with Gasteiger partial charge >= 0.3 is 5.97 Å². The van der Waals surface area contributed by atoms with Gasteiger partial charge in [0.1, 0.15) is 17.3 Å². The topological polar surface area (TPSA) is 70.3 Å². The minimum Gasteiger partial charge on any atom is -0.478 e. The lowest BCUT2D eigenvalue weighted by atomic mass is 10.1. The predicted molar refractivity (Wildman–Crippen MR) is 74.3 cm³/mol. The van der Waals surface area contributed by atoms with E-state index in [-0.39, 0.29) is 0 Å². The van der Waals surface area contributed by atoms with Gasteiger partial charge in [0.25, 0.3) is 0 Å². The summed E-state index contributed by atoms with van der Waals surface area (Å²) in [4.78, 5) is 10.5. The molecule has 0 fully saturated rings. The zero-order chi connectivity index (χ0) is 15.2. The number of aliphatic carboxylic acids is 1. The third-order valence-corrected chi connectivity index (χ3v) is 2.59. The van der Waals surface area contributed by atoms with Gasteiger partial charge in [-0.15, -0.1) is 0 Å². The van der Waals surface area contributed by atoms with Crippen LogP contribution in [-0.2, 0) is 4.79 Å². The lowest BCUT2D eigenvalue weighted by Gasteiger charge is -2.09. The quantitative estimate of drug-likeness (QED) is 0.870. The number of halogens is 1. The Bertz CT molecular complexity index is 730. The van der Waals surface area contributed by atoms with Gasteiger partial charge in [-0.2, -0.15) is 5.26 Å². The van der Waals surface area contributed by atoms with Gasteiger partial charge < -0.3 is 9.84 Å². The molecule has 0 spiro atoms. The summed E-state index contributed by atoms with van der Waals surface area (Å²) in [5, 5.41) is 17.3. The first kappa shape index (κ1) is 14.3. The van der Waals surface area contributed by atoms with E-state index in [9.17, 15) is 9.18 Å². The maximum atomic E-state index is 13.2. The van der Waals surface area contributed by atoms with Crippen molar-refractivity contribution in [1.82, 2.24) is 0 Å². The summed E-state index contributed by atoms with van der Waals surface area (Å²) < 4.78 is 18.8. The number of carbonyl (C=O) groups is 1. The highest BCUT2D eigenvalue weighted by atomic mass is 19.1. The van der Waals surface area contributed by atoms with E-state index in [0.717, 1.165) is 6.08 Å². The number of carboxylic acids is 1. The number of nitriles is 1. The fourth-order valence-electron chi connectivity index (χ4n) is 1.63. The molecule has 2 aromatic rings. The zero-order valence-corrected chi connectivity index (χ0v) is 10.8. The fraction of sp³-hybridized carbons (Fsp3) is 0. The molecule has 0 bridgehead atoms. The van der Waals surface area contributed by atoms with E-state index in [2.05, 4.69) is 0 Å². The van der Waals surface area contributed by atoms with Crippen molar-refractivity contribution in [2.45, 2.75) is 0 Å². The number of nitrogens with zero attached hydrogens (tertiary/aromatic N) is 1. The summed E-state index contributed by atoms with van der Waals surface area (Å²) in [7, 11) is 0. The van der Waals surface area contributed by atoms with Gasteiger partial charge in [-0.25, -0.2) is 9.18 Å². The van der Waals surface area contributed by atoms with Crippen LogP contribution in [0, 0.1) is 17.1 Å². The zero-order valence-electron chi connectivity index (χ0n) is 10.8. The highest BCUT2D eigenvalue weighted by Gasteiger charge is 2.05. The molecule has 0 aliphatic rings. The Balaban J connectivity index is 2.30. The average molecular weight is 283 g/mol. The minimum absolute atomic E-state index is 0.307. The molecule has 0 amide bonds. The lowest BCUT2D eigenvalue weighted by Crippen LogP contribution is -1.91. The van der Waals surface area contributed by atoms with Crippen LogP contribution in [0.3, 0.4) is 0 Å². The molecular weight excluding hydrogens is 273 g/mol. The van der Waals surface area contributed by atoms with Crippen molar-refractivity contribution in [2.24, 2.45) is 0 Å². The van der Waals surface area contributed by atoms with Crippen LogP contribution in [-0.4, -0.2) is 11.1 Å². The first-order valence-corrected chi connectivity index (χ1v) is 5.97. The van der Waals surface area contributed by atoms with Crippen LogP contribution in [0.2, 0.25) is 0 Å². The van der Waals surface area contributed by atoms with E-state index in [1.54, 1.807) is 24.3 Å². The summed E-state index contributed by atoms with van der Waals surface area (Å²) >= 11 is 0.